The van der Waals surface area contributed by atoms with E-state index in [0.29, 0.717) is 33.7 Å². The van der Waals surface area contributed by atoms with E-state index in [0.717, 1.165) is 45.2 Å². The van der Waals surface area contributed by atoms with Crippen LogP contribution in [0.2, 0.25) is 5.02 Å². The highest BCUT2D eigenvalue weighted by Crippen LogP contribution is 2.35. The van der Waals surface area contributed by atoms with Gasteiger partial charge in [0.1, 0.15) is 36.1 Å². The van der Waals surface area contributed by atoms with E-state index in [1.165, 1.54) is 18.5 Å². The summed E-state index contributed by atoms with van der Waals surface area (Å²) in [6.45, 7) is 5.25. The molecule has 1 aliphatic heterocycles. The van der Waals surface area contributed by atoms with E-state index in [-0.39, 0.29) is 11.1 Å². The van der Waals surface area contributed by atoms with Crippen molar-refractivity contribution in [3.63, 3.8) is 0 Å². The molecule has 0 bridgehead atoms. The molecule has 8 heteroatoms. The van der Waals surface area contributed by atoms with Crippen LogP contribution in [0.1, 0.15) is 36.5 Å². The number of benzene rings is 2. The summed E-state index contributed by atoms with van der Waals surface area (Å²) in [5, 5.41) is 3.86. The van der Waals surface area contributed by atoms with Crippen LogP contribution in [-0.4, -0.2) is 46.9 Å². The minimum absolute atomic E-state index is 0.0157. The number of fused-ring (bicyclic) bond motifs is 1. The zero-order valence-corrected chi connectivity index (χ0v) is 18.0. The lowest BCUT2D eigenvalue weighted by atomic mass is 10.1. The van der Waals surface area contributed by atoms with Crippen LogP contribution in [0.3, 0.4) is 0 Å². The van der Waals surface area contributed by atoms with Gasteiger partial charge in [0.15, 0.2) is 0 Å². The zero-order chi connectivity index (χ0) is 21.8. The number of aromatic nitrogens is 2. The van der Waals surface area contributed by atoms with E-state index in [4.69, 9.17) is 16.3 Å². The van der Waals surface area contributed by atoms with Crippen LogP contribution < -0.4 is 10.1 Å². The van der Waals surface area contributed by atoms with E-state index in [9.17, 15) is 9.18 Å². The lowest BCUT2D eigenvalue weighted by molar-refractivity contribution is 0.101. The van der Waals surface area contributed by atoms with E-state index >= 15 is 0 Å². The molecule has 0 spiro atoms. The van der Waals surface area contributed by atoms with Crippen molar-refractivity contribution in [2.75, 3.05) is 25.0 Å². The Labute approximate surface area is 185 Å². The summed E-state index contributed by atoms with van der Waals surface area (Å²) in [5.41, 5.74) is 1.67. The molecule has 0 radical (unpaired) electrons. The molecule has 31 heavy (non-hydrogen) atoms. The maximum Gasteiger partial charge on any atom is 0.150 e. The molecule has 1 aliphatic rings. The van der Waals surface area contributed by atoms with Crippen molar-refractivity contribution < 1.29 is 13.9 Å². The Morgan fingerprint density at radius 1 is 1.26 bits per heavy atom. The Hall–Kier alpha value is -2.77. The van der Waals surface area contributed by atoms with Crippen molar-refractivity contribution in [3.05, 3.63) is 53.1 Å². The van der Waals surface area contributed by atoms with Crippen LogP contribution in [0.15, 0.2) is 36.7 Å². The van der Waals surface area contributed by atoms with Gasteiger partial charge >= 0.3 is 0 Å². The molecule has 162 valence electrons. The first kappa shape index (κ1) is 21.5. The van der Waals surface area contributed by atoms with Gasteiger partial charge in [-0.25, -0.2) is 14.4 Å². The van der Waals surface area contributed by atoms with Crippen LogP contribution in [-0.2, 0) is 0 Å². The predicted molar refractivity (Wildman–Crippen MR) is 120 cm³/mol. The van der Waals surface area contributed by atoms with Crippen molar-refractivity contribution in [1.29, 1.82) is 0 Å². The first-order valence-electron chi connectivity index (χ1n) is 10.4. The van der Waals surface area contributed by atoms with E-state index in [1.807, 2.05) is 0 Å². The molecule has 1 fully saturated rings. The van der Waals surface area contributed by atoms with Crippen molar-refractivity contribution in [2.45, 2.75) is 32.3 Å². The highest BCUT2D eigenvalue weighted by molar-refractivity contribution is 6.31. The molecule has 1 aromatic heterocycles. The SMILES string of the molecule is CCCN1CCC(Oc2cc(C=O)cc3ncnc(Nc4ccc(F)c(Cl)c4)c23)CC1. The fourth-order valence-corrected chi connectivity index (χ4v) is 4.07. The summed E-state index contributed by atoms with van der Waals surface area (Å²) < 4.78 is 19.9. The number of aldehydes is 1. The Morgan fingerprint density at radius 2 is 2.06 bits per heavy atom. The summed E-state index contributed by atoms with van der Waals surface area (Å²) in [5.74, 6) is 0.571. The van der Waals surface area contributed by atoms with Crippen molar-refractivity contribution in [2.24, 2.45) is 0 Å². The second kappa shape index (κ2) is 9.58. The van der Waals surface area contributed by atoms with Gasteiger partial charge in [0, 0.05) is 24.3 Å². The normalized spacial score (nSPS) is 15.2. The van der Waals surface area contributed by atoms with Gasteiger partial charge in [-0.2, -0.15) is 0 Å². The van der Waals surface area contributed by atoms with Gasteiger partial charge in [-0.15, -0.1) is 0 Å². The lowest BCUT2D eigenvalue weighted by Crippen LogP contribution is -2.38. The van der Waals surface area contributed by atoms with Gasteiger partial charge in [-0.1, -0.05) is 18.5 Å². The molecule has 2 heterocycles. The van der Waals surface area contributed by atoms with E-state index in [1.54, 1.807) is 18.2 Å². The number of carbonyl (C=O) groups is 1. The third kappa shape index (κ3) is 4.94. The molecule has 0 atom stereocenters. The quantitative estimate of drug-likeness (QED) is 0.505. The molecule has 0 saturated carbocycles. The second-order valence-electron chi connectivity index (χ2n) is 7.67. The summed E-state index contributed by atoms with van der Waals surface area (Å²) >= 11 is 5.92. The maximum atomic E-state index is 13.5. The molecule has 0 aliphatic carbocycles. The summed E-state index contributed by atoms with van der Waals surface area (Å²) in [7, 11) is 0. The Morgan fingerprint density at radius 3 is 2.77 bits per heavy atom. The fraction of sp³-hybridized carbons (Fsp3) is 0.348. The minimum atomic E-state index is -0.492. The van der Waals surface area contributed by atoms with Crippen molar-refractivity contribution in [3.8, 4) is 5.75 Å². The third-order valence-corrected chi connectivity index (χ3v) is 5.70. The van der Waals surface area contributed by atoms with Gasteiger partial charge in [-0.05, 0) is 56.1 Å². The molecule has 0 amide bonds. The molecule has 1 saturated heterocycles. The highest BCUT2D eigenvalue weighted by atomic mass is 35.5. The van der Waals surface area contributed by atoms with Crippen molar-refractivity contribution >= 4 is 40.3 Å². The number of hydrogen-bond donors (Lipinski definition) is 1. The monoisotopic (exact) mass is 442 g/mol. The van der Waals surface area contributed by atoms with Crippen molar-refractivity contribution in [1.82, 2.24) is 14.9 Å². The van der Waals surface area contributed by atoms with Gasteiger partial charge in [0.2, 0.25) is 0 Å². The van der Waals surface area contributed by atoms with Crippen LogP contribution in [0.25, 0.3) is 10.9 Å². The molecule has 0 unspecified atom stereocenters. The van der Waals surface area contributed by atoms with Gasteiger partial charge < -0.3 is 15.0 Å². The van der Waals surface area contributed by atoms with Crippen LogP contribution >= 0.6 is 11.6 Å². The van der Waals surface area contributed by atoms with Crippen LogP contribution in [0, 0.1) is 5.82 Å². The average Bonchev–Trinajstić information content (AvgIpc) is 2.77. The number of likely N-dealkylation sites (tertiary alicyclic amines) is 1. The number of anilines is 2. The standard InChI is InChI=1S/C23H24ClFN4O2/c1-2-7-29-8-5-17(6-9-29)31-21-11-15(13-30)10-20-22(21)23(27-14-26-20)28-16-3-4-19(25)18(24)12-16/h3-4,10-14,17H,2,5-9H2,1H3,(H,26,27,28). The predicted octanol–water partition coefficient (Wildman–Crippen LogP) is 5.23. The first-order valence-corrected chi connectivity index (χ1v) is 10.8. The first-order chi connectivity index (χ1) is 15.1. The highest BCUT2D eigenvalue weighted by Gasteiger charge is 2.22. The zero-order valence-electron chi connectivity index (χ0n) is 17.3. The van der Waals surface area contributed by atoms with E-state index < -0.39 is 5.82 Å². The largest absolute Gasteiger partial charge is 0.489 e. The topological polar surface area (TPSA) is 67.3 Å². The van der Waals surface area contributed by atoms with Gasteiger partial charge in [0.25, 0.3) is 0 Å². The Kier molecular flexibility index (Phi) is 6.63. The number of piperidine rings is 1. The molecule has 6 nitrogen and oxygen atoms in total. The maximum absolute atomic E-state index is 13.5. The van der Waals surface area contributed by atoms with Gasteiger partial charge in [-0.3, -0.25) is 4.79 Å². The average molecular weight is 443 g/mol. The Bertz CT molecular complexity index is 1090. The second-order valence-corrected chi connectivity index (χ2v) is 8.07. The summed E-state index contributed by atoms with van der Waals surface area (Å²) in [4.78, 5) is 22.6. The minimum Gasteiger partial charge on any atom is -0.489 e. The molecule has 1 N–H and O–H groups in total. The molecule has 3 aromatic rings. The number of carbonyl (C=O) groups excluding carboxylic acids is 1. The van der Waals surface area contributed by atoms with Gasteiger partial charge in [0.05, 0.1) is 15.9 Å². The third-order valence-electron chi connectivity index (χ3n) is 5.41. The molecular formula is C23H24ClFN4O2. The smallest absolute Gasteiger partial charge is 0.150 e. The number of ether oxygens (including phenoxy) is 1. The number of halogens is 2. The number of nitrogens with zero attached hydrogens (tertiary/aromatic N) is 3. The Balaban J connectivity index is 1.66. The summed E-state index contributed by atoms with van der Waals surface area (Å²) in [6.07, 6.45) is 5.21. The van der Waals surface area contributed by atoms with E-state index in [2.05, 4.69) is 27.1 Å². The molecule has 2 aromatic carbocycles. The van der Waals surface area contributed by atoms with Crippen LogP contribution in [0.4, 0.5) is 15.9 Å². The molecular weight excluding hydrogens is 419 g/mol. The van der Waals surface area contributed by atoms with Crippen LogP contribution in [0.5, 0.6) is 5.75 Å². The lowest BCUT2D eigenvalue weighted by Gasteiger charge is -2.32. The fourth-order valence-electron chi connectivity index (χ4n) is 3.89. The number of hydrogen-bond acceptors (Lipinski definition) is 6. The number of rotatable bonds is 7. The molecule has 4 rings (SSSR count). The number of nitrogens with one attached hydrogen (secondary N) is 1. The summed E-state index contributed by atoms with van der Waals surface area (Å²) in [6, 6.07) is 7.79.